The first kappa shape index (κ1) is 11.1. The second-order valence-corrected chi connectivity index (χ2v) is 6.49. The lowest BCUT2D eigenvalue weighted by atomic mass is 10.1. The average Bonchev–Trinajstić information content (AvgIpc) is 2.39. The largest absolute Gasteiger partial charge is 0.309 e. The minimum Gasteiger partial charge on any atom is -0.309 e. The molecule has 0 radical (unpaired) electrons. The van der Waals surface area contributed by atoms with Crippen LogP contribution in [0.25, 0.3) is 0 Å². The van der Waals surface area contributed by atoms with Gasteiger partial charge in [0.1, 0.15) is 0 Å². The molecule has 1 unspecified atom stereocenters. The second kappa shape index (κ2) is 3.88. The molecule has 1 N–H and O–H groups in total. The standard InChI is InChI=1S/C10H12BrNO2S/c1-2-12-9-6-15(13,14)10-4-3-7(11)5-8(9)10/h3-5,9,12H,2,6H2,1H3. The third-order valence-electron chi connectivity index (χ3n) is 2.52. The van der Waals surface area contributed by atoms with E-state index in [0.717, 1.165) is 16.6 Å². The molecule has 15 heavy (non-hydrogen) atoms. The van der Waals surface area contributed by atoms with Gasteiger partial charge in [0, 0.05) is 10.5 Å². The molecule has 0 amide bonds. The molecule has 1 aromatic rings. The molecular weight excluding hydrogens is 278 g/mol. The maximum absolute atomic E-state index is 11.8. The fourth-order valence-electron chi connectivity index (χ4n) is 1.89. The van der Waals surface area contributed by atoms with E-state index in [1.807, 2.05) is 13.0 Å². The summed E-state index contributed by atoms with van der Waals surface area (Å²) in [4.78, 5) is 0.469. The van der Waals surface area contributed by atoms with Crippen molar-refractivity contribution in [2.75, 3.05) is 12.3 Å². The molecule has 0 saturated carbocycles. The lowest BCUT2D eigenvalue weighted by Crippen LogP contribution is -2.22. The number of nitrogens with one attached hydrogen (secondary N) is 1. The summed E-state index contributed by atoms with van der Waals surface area (Å²) in [5, 5.41) is 3.18. The van der Waals surface area contributed by atoms with Crippen LogP contribution in [0.1, 0.15) is 18.5 Å². The summed E-state index contributed by atoms with van der Waals surface area (Å²) >= 11 is 3.36. The molecule has 0 saturated heterocycles. The molecule has 1 atom stereocenters. The lowest BCUT2D eigenvalue weighted by Gasteiger charge is -2.10. The molecule has 1 aromatic carbocycles. The molecule has 0 aromatic heterocycles. The molecule has 0 bridgehead atoms. The first-order valence-corrected chi connectivity index (χ1v) is 7.24. The van der Waals surface area contributed by atoms with E-state index in [1.54, 1.807) is 12.1 Å². The Hall–Kier alpha value is -0.390. The monoisotopic (exact) mass is 289 g/mol. The Morgan fingerprint density at radius 3 is 2.93 bits per heavy atom. The highest BCUT2D eigenvalue weighted by Crippen LogP contribution is 2.34. The number of rotatable bonds is 2. The zero-order valence-corrected chi connectivity index (χ0v) is 10.7. The van der Waals surface area contributed by atoms with Crippen LogP contribution in [0.5, 0.6) is 0 Å². The van der Waals surface area contributed by atoms with Crippen LogP contribution in [0, 0.1) is 0 Å². The summed E-state index contributed by atoms with van der Waals surface area (Å²) in [6, 6.07) is 5.26. The molecule has 2 rings (SSSR count). The lowest BCUT2D eigenvalue weighted by molar-refractivity contribution is 0.579. The van der Waals surface area contributed by atoms with Crippen LogP contribution in [0.2, 0.25) is 0 Å². The molecular formula is C10H12BrNO2S. The number of benzene rings is 1. The van der Waals surface area contributed by atoms with Gasteiger partial charge in [-0.1, -0.05) is 22.9 Å². The van der Waals surface area contributed by atoms with Gasteiger partial charge < -0.3 is 5.32 Å². The number of fused-ring (bicyclic) bond motifs is 1. The highest BCUT2D eigenvalue weighted by molar-refractivity contribution is 9.10. The summed E-state index contributed by atoms with van der Waals surface area (Å²) in [6.45, 7) is 2.74. The van der Waals surface area contributed by atoms with Crippen molar-refractivity contribution in [2.45, 2.75) is 17.9 Å². The summed E-state index contributed by atoms with van der Waals surface area (Å²) in [7, 11) is -3.08. The summed E-state index contributed by atoms with van der Waals surface area (Å²) < 4.78 is 24.5. The third-order valence-corrected chi connectivity index (χ3v) is 4.83. The molecule has 0 spiro atoms. The average molecular weight is 290 g/mol. The normalized spacial score (nSPS) is 22.7. The molecule has 3 nitrogen and oxygen atoms in total. The fourth-order valence-corrected chi connectivity index (χ4v) is 4.02. The van der Waals surface area contributed by atoms with Gasteiger partial charge in [0.25, 0.3) is 0 Å². The van der Waals surface area contributed by atoms with Gasteiger partial charge in [-0.25, -0.2) is 8.42 Å². The summed E-state index contributed by atoms with van der Waals surface area (Å²) in [6.07, 6.45) is 0. The zero-order chi connectivity index (χ0) is 11.1. The number of halogens is 1. The van der Waals surface area contributed by atoms with Crippen molar-refractivity contribution in [3.63, 3.8) is 0 Å². The minimum absolute atomic E-state index is 0.0625. The van der Waals surface area contributed by atoms with E-state index in [1.165, 1.54) is 0 Å². The predicted octanol–water partition coefficient (Wildman–Crippen LogP) is 1.89. The van der Waals surface area contributed by atoms with E-state index in [9.17, 15) is 8.42 Å². The van der Waals surface area contributed by atoms with Crippen LogP contribution >= 0.6 is 15.9 Å². The van der Waals surface area contributed by atoms with Crippen molar-refractivity contribution in [1.82, 2.24) is 5.32 Å². The highest BCUT2D eigenvalue weighted by Gasteiger charge is 2.33. The Morgan fingerprint density at radius 1 is 1.53 bits per heavy atom. The SMILES string of the molecule is CCNC1CS(=O)(=O)c2ccc(Br)cc21. The van der Waals surface area contributed by atoms with Gasteiger partial charge in [-0.05, 0) is 30.3 Å². The Kier molecular flexibility index (Phi) is 2.87. The Morgan fingerprint density at radius 2 is 2.27 bits per heavy atom. The third kappa shape index (κ3) is 1.96. The van der Waals surface area contributed by atoms with Gasteiger partial charge in [0.15, 0.2) is 9.84 Å². The van der Waals surface area contributed by atoms with Crippen molar-refractivity contribution in [3.05, 3.63) is 28.2 Å². The Bertz CT molecular complexity index is 484. The maximum Gasteiger partial charge on any atom is 0.180 e. The molecule has 1 aliphatic heterocycles. The van der Waals surface area contributed by atoms with E-state index >= 15 is 0 Å². The van der Waals surface area contributed by atoms with Crippen LogP contribution in [0.15, 0.2) is 27.6 Å². The molecule has 82 valence electrons. The maximum atomic E-state index is 11.8. The summed E-state index contributed by atoms with van der Waals surface area (Å²) in [5.74, 6) is 0.173. The Labute approximate surface area is 97.9 Å². The van der Waals surface area contributed by atoms with Crippen LogP contribution in [0.4, 0.5) is 0 Å². The quantitative estimate of drug-likeness (QED) is 0.904. The van der Waals surface area contributed by atoms with Gasteiger partial charge in [-0.15, -0.1) is 0 Å². The van der Waals surface area contributed by atoms with E-state index in [-0.39, 0.29) is 11.8 Å². The highest BCUT2D eigenvalue weighted by atomic mass is 79.9. The van der Waals surface area contributed by atoms with Gasteiger partial charge in [0.2, 0.25) is 0 Å². The van der Waals surface area contributed by atoms with E-state index in [4.69, 9.17) is 0 Å². The van der Waals surface area contributed by atoms with Crippen molar-refractivity contribution >= 4 is 25.8 Å². The first-order valence-electron chi connectivity index (χ1n) is 4.80. The minimum atomic E-state index is -3.08. The molecule has 5 heteroatoms. The van der Waals surface area contributed by atoms with Crippen molar-refractivity contribution in [3.8, 4) is 0 Å². The van der Waals surface area contributed by atoms with Gasteiger partial charge in [-0.3, -0.25) is 0 Å². The molecule has 1 heterocycles. The van der Waals surface area contributed by atoms with Crippen LogP contribution in [-0.2, 0) is 9.84 Å². The van der Waals surface area contributed by atoms with Gasteiger partial charge >= 0.3 is 0 Å². The number of hydrogen-bond acceptors (Lipinski definition) is 3. The Balaban J connectivity index is 2.53. The van der Waals surface area contributed by atoms with Gasteiger partial charge in [-0.2, -0.15) is 0 Å². The molecule has 1 aliphatic rings. The fraction of sp³-hybridized carbons (Fsp3) is 0.400. The van der Waals surface area contributed by atoms with Crippen LogP contribution < -0.4 is 5.32 Å². The summed E-state index contributed by atoms with van der Waals surface area (Å²) in [5.41, 5.74) is 0.881. The topological polar surface area (TPSA) is 46.2 Å². The van der Waals surface area contributed by atoms with E-state index < -0.39 is 9.84 Å². The molecule has 0 aliphatic carbocycles. The first-order chi connectivity index (χ1) is 7.04. The van der Waals surface area contributed by atoms with Crippen molar-refractivity contribution < 1.29 is 8.42 Å². The van der Waals surface area contributed by atoms with Crippen molar-refractivity contribution in [2.24, 2.45) is 0 Å². The smallest absolute Gasteiger partial charge is 0.180 e. The van der Waals surface area contributed by atoms with Crippen molar-refractivity contribution in [1.29, 1.82) is 0 Å². The number of sulfone groups is 1. The second-order valence-electron chi connectivity index (χ2n) is 3.57. The number of hydrogen-bond donors (Lipinski definition) is 1. The van der Waals surface area contributed by atoms with E-state index in [2.05, 4.69) is 21.2 Å². The van der Waals surface area contributed by atoms with Crippen LogP contribution in [0.3, 0.4) is 0 Å². The van der Waals surface area contributed by atoms with E-state index in [0.29, 0.717) is 4.90 Å². The van der Waals surface area contributed by atoms with Crippen LogP contribution in [-0.4, -0.2) is 20.7 Å². The van der Waals surface area contributed by atoms with Gasteiger partial charge in [0.05, 0.1) is 10.6 Å². The predicted molar refractivity (Wildman–Crippen MR) is 62.6 cm³/mol. The molecule has 0 fully saturated rings. The zero-order valence-electron chi connectivity index (χ0n) is 8.33.